The molecule has 20 heavy (non-hydrogen) atoms. The molecular weight excluding hydrogens is 274 g/mol. The first-order chi connectivity index (χ1) is 9.43. The SMILES string of the molecule is CCn1cc(C(=O)OB(F)F)c(=O)c2cc(F)ccc21. The van der Waals surface area contributed by atoms with Crippen LogP contribution in [0.25, 0.3) is 10.9 Å². The Morgan fingerprint density at radius 1 is 1.40 bits per heavy atom. The maximum Gasteiger partial charge on any atom is 0.798 e. The highest BCUT2D eigenvalue weighted by Crippen LogP contribution is 2.14. The Morgan fingerprint density at radius 2 is 2.10 bits per heavy atom. The van der Waals surface area contributed by atoms with Gasteiger partial charge in [-0.3, -0.25) is 4.79 Å². The lowest BCUT2D eigenvalue weighted by molar-refractivity contribution is 0.0693. The summed E-state index contributed by atoms with van der Waals surface area (Å²) in [6.07, 6.45) is 1.13. The van der Waals surface area contributed by atoms with Gasteiger partial charge in [0, 0.05) is 18.1 Å². The highest BCUT2D eigenvalue weighted by Gasteiger charge is 2.25. The molecule has 8 heteroatoms. The van der Waals surface area contributed by atoms with Gasteiger partial charge in [-0.1, -0.05) is 0 Å². The number of hydrogen-bond acceptors (Lipinski definition) is 3. The van der Waals surface area contributed by atoms with E-state index in [2.05, 4.69) is 4.65 Å². The van der Waals surface area contributed by atoms with E-state index in [-0.39, 0.29) is 5.39 Å². The zero-order valence-corrected chi connectivity index (χ0v) is 10.4. The molecule has 1 aromatic heterocycles. The molecule has 0 aliphatic carbocycles. The van der Waals surface area contributed by atoms with Crippen LogP contribution in [0.3, 0.4) is 0 Å². The molecule has 0 saturated heterocycles. The maximum absolute atomic E-state index is 13.2. The number of aryl methyl sites for hydroxylation is 1. The number of halogens is 3. The Morgan fingerprint density at radius 3 is 2.70 bits per heavy atom. The summed E-state index contributed by atoms with van der Waals surface area (Å²) >= 11 is 0. The van der Waals surface area contributed by atoms with Gasteiger partial charge in [0.1, 0.15) is 11.4 Å². The van der Waals surface area contributed by atoms with E-state index in [1.165, 1.54) is 16.7 Å². The molecular formula is C12H9BF3NO3. The fourth-order valence-electron chi connectivity index (χ4n) is 1.92. The second-order valence-electron chi connectivity index (χ2n) is 3.99. The van der Waals surface area contributed by atoms with Crippen LogP contribution in [0.5, 0.6) is 0 Å². The summed E-state index contributed by atoms with van der Waals surface area (Å²) in [4.78, 5) is 23.5. The standard InChI is InChI=1S/C12H9BF3NO3/c1-2-17-6-9(12(19)20-13(15)16)11(18)8-5-7(14)3-4-10(8)17/h3-6H,2H2,1H3. The molecule has 1 heterocycles. The van der Waals surface area contributed by atoms with Crippen molar-refractivity contribution >= 4 is 24.3 Å². The second kappa shape index (κ2) is 5.40. The first-order valence-electron chi connectivity index (χ1n) is 5.76. The van der Waals surface area contributed by atoms with E-state index in [0.717, 1.165) is 12.3 Å². The van der Waals surface area contributed by atoms with E-state index < -0.39 is 30.2 Å². The van der Waals surface area contributed by atoms with Crippen molar-refractivity contribution in [3.8, 4) is 0 Å². The Kier molecular flexibility index (Phi) is 3.83. The monoisotopic (exact) mass is 283 g/mol. The summed E-state index contributed by atoms with van der Waals surface area (Å²) in [6.45, 7) is 2.10. The Balaban J connectivity index is 2.71. The molecule has 2 aromatic rings. The molecule has 104 valence electrons. The molecule has 0 spiro atoms. The zero-order chi connectivity index (χ0) is 14.9. The quantitative estimate of drug-likeness (QED) is 0.812. The number of pyridine rings is 1. The van der Waals surface area contributed by atoms with Crippen LogP contribution in [-0.2, 0) is 11.2 Å². The number of carbonyl (C=O) groups is 1. The van der Waals surface area contributed by atoms with Crippen molar-refractivity contribution in [1.29, 1.82) is 0 Å². The lowest BCUT2D eigenvalue weighted by Gasteiger charge is -2.11. The molecule has 1 aromatic carbocycles. The van der Waals surface area contributed by atoms with E-state index in [4.69, 9.17) is 0 Å². The summed E-state index contributed by atoms with van der Waals surface area (Å²) in [5.41, 5.74) is -0.979. The van der Waals surface area contributed by atoms with Crippen LogP contribution >= 0.6 is 0 Å². The largest absolute Gasteiger partial charge is 0.798 e. The fraction of sp³-hybridized carbons (Fsp3) is 0.167. The minimum absolute atomic E-state index is 0.0597. The average Bonchev–Trinajstić information content (AvgIpc) is 2.38. The number of carbonyl (C=O) groups excluding carboxylic acids is 1. The van der Waals surface area contributed by atoms with Gasteiger partial charge in [0.15, 0.2) is 0 Å². The van der Waals surface area contributed by atoms with Crippen LogP contribution in [0.1, 0.15) is 17.3 Å². The summed E-state index contributed by atoms with van der Waals surface area (Å²) in [5, 5.41) is -0.0597. The van der Waals surface area contributed by atoms with Crippen molar-refractivity contribution in [2.24, 2.45) is 0 Å². The molecule has 2 rings (SSSR count). The molecule has 0 saturated carbocycles. The Bertz CT molecular complexity index is 730. The number of aromatic nitrogens is 1. The molecule has 0 bridgehead atoms. The third-order valence-corrected chi connectivity index (χ3v) is 2.80. The second-order valence-corrected chi connectivity index (χ2v) is 3.99. The van der Waals surface area contributed by atoms with Gasteiger partial charge < -0.3 is 9.22 Å². The van der Waals surface area contributed by atoms with Gasteiger partial charge in [-0.05, 0) is 25.1 Å². The first kappa shape index (κ1) is 14.2. The van der Waals surface area contributed by atoms with Crippen molar-refractivity contribution in [3.63, 3.8) is 0 Å². The Labute approximate surface area is 112 Å². The molecule has 0 amide bonds. The average molecular weight is 283 g/mol. The van der Waals surface area contributed by atoms with Gasteiger partial charge in [-0.2, -0.15) is 0 Å². The molecule has 0 aliphatic heterocycles. The summed E-state index contributed by atoms with van der Waals surface area (Å²) in [7, 11) is -3.32. The number of benzene rings is 1. The van der Waals surface area contributed by atoms with Crippen LogP contribution < -0.4 is 5.43 Å². The lowest BCUT2D eigenvalue weighted by atomic mass is 10.1. The first-order valence-corrected chi connectivity index (χ1v) is 5.76. The number of rotatable bonds is 3. The van der Waals surface area contributed by atoms with Gasteiger partial charge in [0.25, 0.3) is 0 Å². The highest BCUT2D eigenvalue weighted by atomic mass is 19.2. The van der Waals surface area contributed by atoms with Gasteiger partial charge in [-0.25, -0.2) is 17.8 Å². The van der Waals surface area contributed by atoms with Gasteiger partial charge in [0.2, 0.25) is 5.43 Å². The van der Waals surface area contributed by atoms with Gasteiger partial charge in [-0.15, -0.1) is 0 Å². The molecule has 0 fully saturated rings. The Hall–Kier alpha value is -2.25. The molecule has 0 N–H and O–H groups in total. The van der Waals surface area contributed by atoms with Crippen LogP contribution in [0.15, 0.2) is 29.2 Å². The topological polar surface area (TPSA) is 48.3 Å². The zero-order valence-electron chi connectivity index (χ0n) is 10.4. The summed E-state index contributed by atoms with van der Waals surface area (Å²) in [5.74, 6) is -2.09. The summed E-state index contributed by atoms with van der Waals surface area (Å²) in [6, 6.07) is 3.52. The van der Waals surface area contributed by atoms with Crippen molar-refractivity contribution in [3.05, 3.63) is 46.0 Å². The predicted octanol–water partition coefficient (Wildman–Crippen LogP) is 2.24. The van der Waals surface area contributed by atoms with Crippen LogP contribution in [0.2, 0.25) is 0 Å². The third kappa shape index (κ3) is 2.54. The third-order valence-electron chi connectivity index (χ3n) is 2.80. The van der Waals surface area contributed by atoms with Crippen LogP contribution in [0, 0.1) is 5.82 Å². The molecule has 0 aliphatic rings. The van der Waals surface area contributed by atoms with E-state index >= 15 is 0 Å². The van der Waals surface area contributed by atoms with Crippen LogP contribution in [0.4, 0.5) is 13.0 Å². The number of hydrogen-bond donors (Lipinski definition) is 0. The number of nitrogens with zero attached hydrogens (tertiary/aromatic N) is 1. The smallest absolute Gasteiger partial charge is 0.474 e. The van der Waals surface area contributed by atoms with E-state index in [1.54, 1.807) is 6.92 Å². The highest BCUT2D eigenvalue weighted by molar-refractivity contribution is 6.38. The maximum atomic E-state index is 13.2. The van der Waals surface area contributed by atoms with E-state index in [0.29, 0.717) is 12.1 Å². The van der Waals surface area contributed by atoms with Gasteiger partial charge in [0.05, 0.1) is 5.52 Å². The normalized spacial score (nSPS) is 10.6. The van der Waals surface area contributed by atoms with E-state index in [1.807, 2.05) is 0 Å². The predicted molar refractivity (Wildman–Crippen MR) is 67.2 cm³/mol. The molecule has 0 atom stereocenters. The fourth-order valence-corrected chi connectivity index (χ4v) is 1.92. The van der Waals surface area contributed by atoms with E-state index in [9.17, 15) is 22.6 Å². The minimum Gasteiger partial charge on any atom is -0.474 e. The minimum atomic E-state index is -3.32. The van der Waals surface area contributed by atoms with Gasteiger partial charge >= 0.3 is 13.4 Å². The molecule has 4 nitrogen and oxygen atoms in total. The molecule has 0 unspecified atom stereocenters. The summed E-state index contributed by atoms with van der Waals surface area (Å²) < 4.78 is 42.5. The molecule has 0 radical (unpaired) electrons. The van der Waals surface area contributed by atoms with Crippen LogP contribution in [-0.4, -0.2) is 18.0 Å². The van der Waals surface area contributed by atoms with Crippen molar-refractivity contribution in [2.75, 3.05) is 0 Å². The number of fused-ring (bicyclic) bond motifs is 1. The van der Waals surface area contributed by atoms with Crippen molar-refractivity contribution < 1.29 is 22.5 Å². The van der Waals surface area contributed by atoms with Crippen molar-refractivity contribution in [2.45, 2.75) is 13.5 Å². The van der Waals surface area contributed by atoms with Crippen molar-refractivity contribution in [1.82, 2.24) is 4.57 Å². The lowest BCUT2D eigenvalue weighted by Crippen LogP contribution is -2.23.